The number of methoxy groups -OCH3 is 1. The number of carbonyl (C=O) groups excluding carboxylic acids is 3. The number of amides is 3. The minimum Gasteiger partial charge on any atom is -0.496 e. The fourth-order valence-corrected chi connectivity index (χ4v) is 5.16. The van der Waals surface area contributed by atoms with Crippen molar-refractivity contribution in [2.45, 2.75) is 45.6 Å². The molecule has 0 spiro atoms. The van der Waals surface area contributed by atoms with Crippen LogP contribution in [0.1, 0.15) is 36.0 Å². The Kier molecular flexibility index (Phi) is 7.43. The molecule has 2 fully saturated rings. The normalized spacial score (nSPS) is 18.7. The molecular weight excluding hydrogens is 442 g/mol. The highest BCUT2D eigenvalue weighted by Crippen LogP contribution is 2.30. The van der Waals surface area contributed by atoms with E-state index in [2.05, 4.69) is 12.1 Å². The summed E-state index contributed by atoms with van der Waals surface area (Å²) in [6.07, 6.45) is 3.54. The summed E-state index contributed by atoms with van der Waals surface area (Å²) in [4.78, 5) is 43.4. The minimum absolute atomic E-state index is 0.0238. The summed E-state index contributed by atoms with van der Waals surface area (Å²) in [6, 6.07) is 11.7. The van der Waals surface area contributed by atoms with Crippen LogP contribution in [0.15, 0.2) is 36.4 Å². The number of hydrogen-bond acceptors (Lipinski definition) is 4. The van der Waals surface area contributed by atoms with Crippen molar-refractivity contribution in [1.82, 2.24) is 14.7 Å². The number of carbonyl (C=O) groups is 3. The summed E-state index contributed by atoms with van der Waals surface area (Å²) in [5, 5.41) is 0. The molecule has 0 bridgehead atoms. The van der Waals surface area contributed by atoms with Crippen LogP contribution in [-0.2, 0) is 20.8 Å². The van der Waals surface area contributed by atoms with E-state index < -0.39 is 6.04 Å². The van der Waals surface area contributed by atoms with Crippen molar-refractivity contribution < 1.29 is 19.1 Å². The lowest BCUT2D eigenvalue weighted by atomic mass is 9.96. The number of rotatable bonds is 6. The first kappa shape index (κ1) is 24.8. The van der Waals surface area contributed by atoms with Gasteiger partial charge in [-0.2, -0.15) is 0 Å². The Morgan fingerprint density at radius 1 is 0.971 bits per heavy atom. The Morgan fingerprint density at radius 3 is 2.20 bits per heavy atom. The van der Waals surface area contributed by atoms with E-state index in [9.17, 15) is 14.4 Å². The summed E-state index contributed by atoms with van der Waals surface area (Å²) in [5.41, 5.74) is 5.32. The van der Waals surface area contributed by atoms with E-state index in [1.807, 2.05) is 43.0 Å². The zero-order valence-corrected chi connectivity index (χ0v) is 21.2. The summed E-state index contributed by atoms with van der Waals surface area (Å²) >= 11 is 0. The summed E-state index contributed by atoms with van der Waals surface area (Å²) in [5.74, 6) is 0.533. The number of hydrogen-bond donors (Lipinski definition) is 0. The lowest BCUT2D eigenvalue weighted by Crippen LogP contribution is -2.60. The maximum absolute atomic E-state index is 13.3. The van der Waals surface area contributed by atoms with Crippen molar-refractivity contribution in [3.8, 4) is 16.9 Å². The Labute approximate surface area is 207 Å². The molecule has 35 heavy (non-hydrogen) atoms. The molecule has 2 aliphatic rings. The molecule has 2 aliphatic heterocycles. The highest BCUT2D eigenvalue weighted by molar-refractivity contribution is 5.97. The van der Waals surface area contributed by atoms with Crippen molar-refractivity contribution in [3.05, 3.63) is 53.1 Å². The highest BCUT2D eigenvalue weighted by atomic mass is 16.5. The first-order valence-corrected chi connectivity index (χ1v) is 12.3. The lowest BCUT2D eigenvalue weighted by molar-refractivity contribution is -0.156. The summed E-state index contributed by atoms with van der Waals surface area (Å²) < 4.78 is 5.47. The van der Waals surface area contributed by atoms with E-state index >= 15 is 0 Å². The molecular formula is C28H35N3O4. The first-order chi connectivity index (χ1) is 16.8. The van der Waals surface area contributed by atoms with Crippen LogP contribution in [0.2, 0.25) is 0 Å². The molecule has 0 radical (unpaired) electrons. The average molecular weight is 478 g/mol. The molecule has 0 unspecified atom stereocenters. The molecule has 7 heteroatoms. The van der Waals surface area contributed by atoms with Crippen LogP contribution in [0.5, 0.6) is 5.75 Å². The molecule has 4 rings (SSSR count). The average Bonchev–Trinajstić information content (AvgIpc) is 2.86. The topological polar surface area (TPSA) is 70.2 Å². The van der Waals surface area contributed by atoms with E-state index in [0.717, 1.165) is 65.9 Å². The molecule has 3 amide bonds. The van der Waals surface area contributed by atoms with Crippen molar-refractivity contribution in [2.75, 3.05) is 40.3 Å². The van der Waals surface area contributed by atoms with Gasteiger partial charge < -0.3 is 19.4 Å². The van der Waals surface area contributed by atoms with Gasteiger partial charge in [-0.3, -0.25) is 14.4 Å². The smallest absolute Gasteiger partial charge is 0.246 e. The van der Waals surface area contributed by atoms with Crippen molar-refractivity contribution in [1.29, 1.82) is 0 Å². The SMILES string of the molecule is COc1c(C)cc(-c2ccc(C[C@H]3C(=O)N(CC(=O)N4CCCCC4)CC(=O)N3C)cc2)cc1C. The standard InChI is InChI=1S/C28H35N3O4/c1-19-14-23(15-20(2)27(19)35-4)22-10-8-21(9-11-22)16-24-28(34)31(17-25(32)29(24)3)18-26(33)30-12-6-5-7-13-30/h8-11,14-15,24H,5-7,12-13,16-18H2,1-4H3/t24-/m0/s1. The molecule has 7 nitrogen and oxygen atoms in total. The maximum atomic E-state index is 13.3. The second-order valence-electron chi connectivity index (χ2n) is 9.70. The van der Waals surface area contributed by atoms with E-state index in [1.165, 1.54) is 9.80 Å². The molecule has 0 N–H and O–H groups in total. The predicted molar refractivity (Wildman–Crippen MR) is 135 cm³/mol. The van der Waals surface area contributed by atoms with Gasteiger partial charge in [-0.1, -0.05) is 24.3 Å². The number of nitrogens with zero attached hydrogens (tertiary/aromatic N) is 3. The monoisotopic (exact) mass is 477 g/mol. The van der Waals surface area contributed by atoms with Crippen LogP contribution in [0.3, 0.4) is 0 Å². The third-order valence-corrected chi connectivity index (χ3v) is 7.20. The summed E-state index contributed by atoms with van der Waals surface area (Å²) in [6.45, 7) is 5.47. The number of likely N-dealkylation sites (tertiary alicyclic amines) is 1. The Bertz CT molecular complexity index is 1080. The first-order valence-electron chi connectivity index (χ1n) is 12.3. The second-order valence-corrected chi connectivity index (χ2v) is 9.70. The van der Waals surface area contributed by atoms with Gasteiger partial charge in [0.05, 0.1) is 7.11 Å². The number of piperazine rings is 1. The van der Waals surface area contributed by atoms with E-state index in [1.54, 1.807) is 14.2 Å². The van der Waals surface area contributed by atoms with Crippen molar-refractivity contribution in [2.24, 2.45) is 0 Å². The number of ether oxygens (including phenoxy) is 1. The molecule has 2 aromatic rings. The van der Waals surface area contributed by atoms with Gasteiger partial charge in [0.2, 0.25) is 17.7 Å². The van der Waals surface area contributed by atoms with E-state index in [-0.39, 0.29) is 30.8 Å². The van der Waals surface area contributed by atoms with Crippen LogP contribution in [-0.4, -0.2) is 78.8 Å². The van der Waals surface area contributed by atoms with Crippen LogP contribution < -0.4 is 4.74 Å². The van der Waals surface area contributed by atoms with Gasteiger partial charge >= 0.3 is 0 Å². The third-order valence-electron chi connectivity index (χ3n) is 7.20. The van der Waals surface area contributed by atoms with E-state index in [0.29, 0.717) is 6.42 Å². The fourth-order valence-electron chi connectivity index (χ4n) is 5.16. The van der Waals surface area contributed by atoms with Crippen LogP contribution >= 0.6 is 0 Å². The quantitative estimate of drug-likeness (QED) is 0.641. The van der Waals surface area contributed by atoms with Crippen molar-refractivity contribution >= 4 is 17.7 Å². The number of benzene rings is 2. The third kappa shape index (κ3) is 5.34. The molecule has 2 aromatic carbocycles. The van der Waals surface area contributed by atoms with E-state index in [4.69, 9.17) is 4.74 Å². The van der Waals surface area contributed by atoms with Crippen LogP contribution in [0.4, 0.5) is 0 Å². The summed E-state index contributed by atoms with van der Waals surface area (Å²) in [7, 11) is 3.36. The Morgan fingerprint density at radius 2 is 1.60 bits per heavy atom. The van der Waals surface area contributed by atoms with Crippen LogP contribution in [0, 0.1) is 13.8 Å². The van der Waals surface area contributed by atoms with Gasteiger partial charge in [-0.25, -0.2) is 0 Å². The van der Waals surface area contributed by atoms with Gasteiger partial charge in [0.25, 0.3) is 0 Å². The predicted octanol–water partition coefficient (Wildman–Crippen LogP) is 3.20. The molecule has 2 saturated heterocycles. The molecule has 2 heterocycles. The molecule has 0 aromatic heterocycles. The number of aryl methyl sites for hydroxylation is 2. The second kappa shape index (κ2) is 10.5. The zero-order chi connectivity index (χ0) is 25.1. The lowest BCUT2D eigenvalue weighted by Gasteiger charge is -2.39. The van der Waals surface area contributed by atoms with Crippen molar-refractivity contribution in [3.63, 3.8) is 0 Å². The van der Waals surface area contributed by atoms with Gasteiger partial charge in [0, 0.05) is 26.6 Å². The maximum Gasteiger partial charge on any atom is 0.246 e. The largest absolute Gasteiger partial charge is 0.496 e. The van der Waals surface area contributed by atoms with Crippen LogP contribution in [0.25, 0.3) is 11.1 Å². The van der Waals surface area contributed by atoms with Gasteiger partial charge in [0.1, 0.15) is 24.9 Å². The highest BCUT2D eigenvalue weighted by Gasteiger charge is 2.38. The number of piperidine rings is 1. The molecule has 0 saturated carbocycles. The van der Waals surface area contributed by atoms with Gasteiger partial charge in [-0.05, 0) is 73.1 Å². The zero-order valence-electron chi connectivity index (χ0n) is 21.2. The Hall–Kier alpha value is -3.35. The minimum atomic E-state index is -0.610. The molecule has 1 atom stereocenters. The molecule has 0 aliphatic carbocycles. The van der Waals surface area contributed by atoms with Gasteiger partial charge in [-0.15, -0.1) is 0 Å². The van der Waals surface area contributed by atoms with Gasteiger partial charge in [0.15, 0.2) is 0 Å². The molecule has 186 valence electrons. The Balaban J connectivity index is 1.46. The number of likely N-dealkylation sites (N-methyl/N-ethyl adjacent to an activating group) is 1. The fraction of sp³-hybridized carbons (Fsp3) is 0.464.